The second-order valence-electron chi connectivity index (χ2n) is 5.03. The van der Waals surface area contributed by atoms with Gasteiger partial charge in [0.15, 0.2) is 0 Å². The zero-order valence-electron chi connectivity index (χ0n) is 12.4. The van der Waals surface area contributed by atoms with Crippen molar-refractivity contribution in [3.8, 4) is 5.75 Å². The van der Waals surface area contributed by atoms with E-state index < -0.39 is 5.60 Å². The highest BCUT2D eigenvalue weighted by Gasteiger charge is 2.20. The van der Waals surface area contributed by atoms with Gasteiger partial charge < -0.3 is 15.2 Å². The van der Waals surface area contributed by atoms with Crippen LogP contribution in [0.4, 0.5) is 0 Å². The fourth-order valence-electron chi connectivity index (χ4n) is 1.90. The van der Waals surface area contributed by atoms with E-state index in [4.69, 9.17) is 4.74 Å². The first-order valence-corrected chi connectivity index (χ1v) is 7.28. The van der Waals surface area contributed by atoms with Crippen LogP contribution in [0.5, 0.6) is 5.75 Å². The molecule has 108 valence electrons. The highest BCUT2D eigenvalue weighted by atomic mass is 16.5. The molecule has 3 heteroatoms. The minimum absolute atomic E-state index is 0.587. The third-order valence-electron chi connectivity index (χ3n) is 3.47. The molecule has 0 aromatic heterocycles. The van der Waals surface area contributed by atoms with Crippen LogP contribution in [0.1, 0.15) is 45.6 Å². The molecule has 0 aliphatic heterocycles. The van der Waals surface area contributed by atoms with E-state index in [0.29, 0.717) is 6.54 Å². The summed E-state index contributed by atoms with van der Waals surface area (Å²) in [5.74, 6) is 0.919. The molecule has 0 aliphatic carbocycles. The molecule has 0 fully saturated rings. The van der Waals surface area contributed by atoms with Crippen LogP contribution < -0.4 is 10.1 Å². The molecule has 0 spiro atoms. The largest absolute Gasteiger partial charge is 0.494 e. The maximum atomic E-state index is 10.2. The van der Waals surface area contributed by atoms with Gasteiger partial charge in [-0.15, -0.1) is 0 Å². The van der Waals surface area contributed by atoms with Crippen LogP contribution in [-0.2, 0) is 6.54 Å². The predicted molar refractivity (Wildman–Crippen MR) is 79.5 cm³/mol. The Hall–Kier alpha value is -1.06. The fraction of sp³-hybridized carbons (Fsp3) is 0.625. The molecule has 2 N–H and O–H groups in total. The number of benzene rings is 1. The van der Waals surface area contributed by atoms with Crippen molar-refractivity contribution in [1.82, 2.24) is 5.32 Å². The van der Waals surface area contributed by atoms with Crippen LogP contribution in [0.2, 0.25) is 0 Å². The molecule has 0 radical (unpaired) electrons. The average Bonchev–Trinajstić information content (AvgIpc) is 2.45. The first kappa shape index (κ1) is 16.0. The van der Waals surface area contributed by atoms with Crippen molar-refractivity contribution < 1.29 is 9.84 Å². The second kappa shape index (κ2) is 8.18. The molecule has 1 aromatic carbocycles. The summed E-state index contributed by atoms with van der Waals surface area (Å²) in [7, 11) is 0. The summed E-state index contributed by atoms with van der Waals surface area (Å²) in [4.78, 5) is 0. The van der Waals surface area contributed by atoms with Crippen molar-refractivity contribution in [2.24, 2.45) is 0 Å². The Kier molecular flexibility index (Phi) is 6.89. The number of hydrogen-bond donors (Lipinski definition) is 2. The van der Waals surface area contributed by atoms with E-state index in [2.05, 4.69) is 24.4 Å². The van der Waals surface area contributed by atoms with E-state index in [1.165, 1.54) is 5.56 Å². The van der Waals surface area contributed by atoms with Gasteiger partial charge in [0.25, 0.3) is 0 Å². The lowest BCUT2D eigenvalue weighted by Gasteiger charge is -2.25. The molecule has 1 aromatic rings. The van der Waals surface area contributed by atoms with Crippen LogP contribution in [0.3, 0.4) is 0 Å². The minimum Gasteiger partial charge on any atom is -0.494 e. The predicted octanol–water partition coefficient (Wildman–Crippen LogP) is 3.12. The topological polar surface area (TPSA) is 41.5 Å². The van der Waals surface area contributed by atoms with Gasteiger partial charge in [-0.05, 0) is 37.0 Å². The summed E-state index contributed by atoms with van der Waals surface area (Å²) < 4.78 is 5.61. The van der Waals surface area contributed by atoms with Gasteiger partial charge in [-0.3, -0.25) is 0 Å². The van der Waals surface area contributed by atoms with Gasteiger partial charge >= 0.3 is 0 Å². The molecule has 1 rings (SSSR count). The third-order valence-corrected chi connectivity index (χ3v) is 3.47. The van der Waals surface area contributed by atoms with Crippen LogP contribution in [-0.4, -0.2) is 23.9 Å². The van der Waals surface area contributed by atoms with Crippen molar-refractivity contribution in [2.75, 3.05) is 13.2 Å². The lowest BCUT2D eigenvalue weighted by molar-refractivity contribution is 0.0323. The van der Waals surface area contributed by atoms with Crippen molar-refractivity contribution in [3.05, 3.63) is 29.8 Å². The summed E-state index contributed by atoms with van der Waals surface area (Å²) in [6.07, 6.45) is 2.56. The van der Waals surface area contributed by atoms with Gasteiger partial charge in [-0.1, -0.05) is 32.9 Å². The molecule has 0 heterocycles. The van der Waals surface area contributed by atoms with Crippen molar-refractivity contribution in [1.29, 1.82) is 0 Å². The molecule has 3 nitrogen and oxygen atoms in total. The van der Waals surface area contributed by atoms with Crippen LogP contribution in [0.25, 0.3) is 0 Å². The van der Waals surface area contributed by atoms with Crippen molar-refractivity contribution >= 4 is 0 Å². The first-order chi connectivity index (χ1) is 9.13. The SMILES string of the molecule is CCCOc1cccc(CNCC(O)(CC)CC)c1. The van der Waals surface area contributed by atoms with E-state index in [-0.39, 0.29) is 0 Å². The number of nitrogens with one attached hydrogen (secondary N) is 1. The normalized spacial score (nSPS) is 11.6. The molecule has 0 saturated heterocycles. The quantitative estimate of drug-likeness (QED) is 0.721. The maximum absolute atomic E-state index is 10.2. The van der Waals surface area contributed by atoms with Gasteiger partial charge in [0, 0.05) is 13.1 Å². The molecule has 0 aliphatic rings. The summed E-state index contributed by atoms with van der Waals surface area (Å²) in [5, 5.41) is 13.5. The molecule has 0 atom stereocenters. The Labute approximate surface area is 117 Å². The van der Waals surface area contributed by atoms with Crippen molar-refractivity contribution in [3.63, 3.8) is 0 Å². The molecule has 19 heavy (non-hydrogen) atoms. The Balaban J connectivity index is 2.44. The minimum atomic E-state index is -0.587. The molecule has 0 saturated carbocycles. The van der Waals surface area contributed by atoms with Crippen LogP contribution >= 0.6 is 0 Å². The van der Waals surface area contributed by atoms with Gasteiger partial charge in [0.1, 0.15) is 5.75 Å². The number of ether oxygens (including phenoxy) is 1. The summed E-state index contributed by atoms with van der Waals surface area (Å²) in [6.45, 7) is 8.27. The lowest BCUT2D eigenvalue weighted by Crippen LogP contribution is -2.39. The zero-order chi connectivity index (χ0) is 14.1. The fourth-order valence-corrected chi connectivity index (χ4v) is 1.90. The number of rotatable bonds is 9. The Morgan fingerprint density at radius 2 is 1.95 bits per heavy atom. The van der Waals surface area contributed by atoms with E-state index in [1.807, 2.05) is 26.0 Å². The monoisotopic (exact) mass is 265 g/mol. The standard InChI is InChI=1S/C16H27NO2/c1-4-10-19-15-9-7-8-14(11-15)12-17-13-16(18,5-2)6-3/h7-9,11,17-18H,4-6,10,12-13H2,1-3H3. The van der Waals surface area contributed by atoms with Crippen molar-refractivity contribution in [2.45, 2.75) is 52.2 Å². The van der Waals surface area contributed by atoms with Crippen LogP contribution in [0.15, 0.2) is 24.3 Å². The molecule has 0 bridgehead atoms. The van der Waals surface area contributed by atoms with Gasteiger partial charge in [0.2, 0.25) is 0 Å². The highest BCUT2D eigenvalue weighted by Crippen LogP contribution is 2.15. The Bertz CT molecular complexity index is 362. The van der Waals surface area contributed by atoms with Crippen LogP contribution in [0, 0.1) is 0 Å². The van der Waals surface area contributed by atoms with Gasteiger partial charge in [-0.25, -0.2) is 0 Å². The van der Waals surface area contributed by atoms with E-state index >= 15 is 0 Å². The van der Waals surface area contributed by atoms with Gasteiger partial charge in [-0.2, -0.15) is 0 Å². The maximum Gasteiger partial charge on any atom is 0.119 e. The Morgan fingerprint density at radius 3 is 2.58 bits per heavy atom. The molecule has 0 amide bonds. The van der Waals surface area contributed by atoms with E-state index in [9.17, 15) is 5.11 Å². The zero-order valence-corrected chi connectivity index (χ0v) is 12.4. The first-order valence-electron chi connectivity index (χ1n) is 7.28. The van der Waals surface area contributed by atoms with Gasteiger partial charge in [0.05, 0.1) is 12.2 Å². The number of aliphatic hydroxyl groups is 1. The second-order valence-corrected chi connectivity index (χ2v) is 5.03. The number of hydrogen-bond acceptors (Lipinski definition) is 3. The summed E-state index contributed by atoms with van der Waals surface area (Å²) >= 11 is 0. The lowest BCUT2D eigenvalue weighted by atomic mass is 9.97. The third kappa shape index (κ3) is 5.62. The highest BCUT2D eigenvalue weighted by molar-refractivity contribution is 5.28. The molecular weight excluding hydrogens is 238 g/mol. The average molecular weight is 265 g/mol. The van der Waals surface area contributed by atoms with E-state index in [0.717, 1.165) is 38.2 Å². The summed E-state index contributed by atoms with van der Waals surface area (Å²) in [5.41, 5.74) is 0.596. The smallest absolute Gasteiger partial charge is 0.119 e. The Morgan fingerprint density at radius 1 is 1.21 bits per heavy atom. The van der Waals surface area contributed by atoms with E-state index in [1.54, 1.807) is 0 Å². The molecular formula is C16H27NO2. The summed E-state index contributed by atoms with van der Waals surface area (Å²) in [6, 6.07) is 8.11. The molecule has 0 unspecified atom stereocenters.